The average Bonchev–Trinajstić information content (AvgIpc) is 2.42. The van der Waals surface area contributed by atoms with Crippen LogP contribution in [0.5, 0.6) is 5.75 Å². The van der Waals surface area contributed by atoms with Gasteiger partial charge in [0.15, 0.2) is 0 Å². The molecule has 1 amide bonds. The van der Waals surface area contributed by atoms with E-state index in [0.29, 0.717) is 17.9 Å². The second-order valence-corrected chi connectivity index (χ2v) is 6.13. The van der Waals surface area contributed by atoms with Crippen LogP contribution in [0, 0.1) is 5.41 Å². The third-order valence-electron chi connectivity index (χ3n) is 3.07. The van der Waals surface area contributed by atoms with Crippen LogP contribution in [-0.4, -0.2) is 24.9 Å². The van der Waals surface area contributed by atoms with Crippen LogP contribution >= 0.6 is 15.9 Å². The fourth-order valence-electron chi connectivity index (χ4n) is 1.88. The summed E-state index contributed by atoms with van der Waals surface area (Å²) in [6.45, 7) is 4.99. The van der Waals surface area contributed by atoms with Crippen LogP contribution in [-0.2, 0) is 0 Å². The quantitative estimate of drug-likeness (QED) is 0.776. The molecular weight excluding hydrogens is 306 g/mol. The van der Waals surface area contributed by atoms with Gasteiger partial charge in [-0.3, -0.25) is 4.79 Å². The van der Waals surface area contributed by atoms with Gasteiger partial charge in [0.05, 0.1) is 12.7 Å². The first-order chi connectivity index (χ1) is 9.00. The number of amides is 1. The standard InChI is InChI=1S/C15H22BrNO2/c1-15(2,9-6-10-16)11-17-14(18)12-7-4-5-8-13(12)19-3/h4-5,7-8H,6,9-11H2,1-3H3,(H,17,18). The number of halogens is 1. The minimum Gasteiger partial charge on any atom is -0.496 e. The van der Waals surface area contributed by atoms with Crippen LogP contribution in [0.3, 0.4) is 0 Å². The second kappa shape index (κ2) is 7.53. The van der Waals surface area contributed by atoms with Gasteiger partial charge < -0.3 is 10.1 Å². The van der Waals surface area contributed by atoms with Gasteiger partial charge in [-0.25, -0.2) is 0 Å². The molecule has 0 unspecified atom stereocenters. The smallest absolute Gasteiger partial charge is 0.255 e. The Morgan fingerprint density at radius 2 is 2.05 bits per heavy atom. The highest BCUT2D eigenvalue weighted by atomic mass is 79.9. The molecule has 1 aromatic carbocycles. The average molecular weight is 328 g/mol. The van der Waals surface area contributed by atoms with Crippen molar-refractivity contribution in [2.45, 2.75) is 26.7 Å². The largest absolute Gasteiger partial charge is 0.496 e. The van der Waals surface area contributed by atoms with Crippen LogP contribution < -0.4 is 10.1 Å². The van der Waals surface area contributed by atoms with E-state index in [9.17, 15) is 4.79 Å². The lowest BCUT2D eigenvalue weighted by Gasteiger charge is -2.24. The zero-order valence-corrected chi connectivity index (χ0v) is 13.4. The number of alkyl halides is 1. The van der Waals surface area contributed by atoms with Crippen molar-refractivity contribution in [2.24, 2.45) is 5.41 Å². The summed E-state index contributed by atoms with van der Waals surface area (Å²) in [5.74, 6) is 0.530. The normalized spacial score (nSPS) is 11.2. The van der Waals surface area contributed by atoms with Gasteiger partial charge in [-0.15, -0.1) is 0 Å². The number of hydrogen-bond acceptors (Lipinski definition) is 2. The van der Waals surface area contributed by atoms with E-state index in [1.807, 2.05) is 12.1 Å². The molecule has 0 atom stereocenters. The number of nitrogens with one attached hydrogen (secondary N) is 1. The Labute approximate surface area is 123 Å². The minimum atomic E-state index is -0.0793. The molecule has 1 rings (SSSR count). The van der Waals surface area contributed by atoms with Gasteiger partial charge in [0.2, 0.25) is 0 Å². The summed E-state index contributed by atoms with van der Waals surface area (Å²) in [5.41, 5.74) is 0.687. The van der Waals surface area contributed by atoms with Gasteiger partial charge in [-0.2, -0.15) is 0 Å². The summed E-state index contributed by atoms with van der Waals surface area (Å²) >= 11 is 3.43. The lowest BCUT2D eigenvalue weighted by Crippen LogP contribution is -2.34. The van der Waals surface area contributed by atoms with Gasteiger partial charge in [0.25, 0.3) is 5.91 Å². The molecule has 0 spiro atoms. The van der Waals surface area contributed by atoms with E-state index >= 15 is 0 Å². The molecule has 0 bridgehead atoms. The maximum Gasteiger partial charge on any atom is 0.255 e. The van der Waals surface area contributed by atoms with E-state index in [2.05, 4.69) is 35.1 Å². The summed E-state index contributed by atoms with van der Waals surface area (Å²) in [6.07, 6.45) is 2.18. The molecule has 0 aliphatic carbocycles. The molecule has 0 saturated carbocycles. The highest BCUT2D eigenvalue weighted by Crippen LogP contribution is 2.22. The Morgan fingerprint density at radius 3 is 2.68 bits per heavy atom. The third-order valence-corrected chi connectivity index (χ3v) is 3.63. The molecule has 0 fully saturated rings. The number of rotatable bonds is 7. The molecule has 0 aromatic heterocycles. The monoisotopic (exact) mass is 327 g/mol. The van der Waals surface area contributed by atoms with Gasteiger partial charge in [0, 0.05) is 11.9 Å². The second-order valence-electron chi connectivity index (χ2n) is 5.34. The Bertz CT molecular complexity index is 418. The van der Waals surface area contributed by atoms with E-state index in [1.165, 1.54) is 0 Å². The maximum atomic E-state index is 12.1. The number of carbonyl (C=O) groups is 1. The van der Waals surface area contributed by atoms with Crippen molar-refractivity contribution in [1.82, 2.24) is 5.32 Å². The zero-order chi connectivity index (χ0) is 14.3. The number of hydrogen-bond donors (Lipinski definition) is 1. The van der Waals surface area contributed by atoms with Crippen molar-refractivity contribution in [3.05, 3.63) is 29.8 Å². The first-order valence-corrected chi connectivity index (χ1v) is 7.59. The van der Waals surface area contributed by atoms with Crippen molar-refractivity contribution in [1.29, 1.82) is 0 Å². The zero-order valence-electron chi connectivity index (χ0n) is 11.8. The first kappa shape index (κ1) is 16.0. The summed E-state index contributed by atoms with van der Waals surface area (Å²) in [7, 11) is 1.58. The molecule has 0 saturated heterocycles. The number of para-hydroxylation sites is 1. The predicted molar refractivity (Wildman–Crippen MR) is 82.1 cm³/mol. The Balaban J connectivity index is 2.60. The molecule has 1 N–H and O–H groups in total. The van der Waals surface area contributed by atoms with E-state index < -0.39 is 0 Å². The van der Waals surface area contributed by atoms with Crippen molar-refractivity contribution >= 4 is 21.8 Å². The number of ether oxygens (including phenoxy) is 1. The molecule has 0 radical (unpaired) electrons. The van der Waals surface area contributed by atoms with E-state index in [0.717, 1.165) is 18.2 Å². The van der Waals surface area contributed by atoms with Crippen LogP contribution in [0.25, 0.3) is 0 Å². The molecule has 1 aromatic rings. The number of carbonyl (C=O) groups excluding carboxylic acids is 1. The molecule has 3 nitrogen and oxygen atoms in total. The van der Waals surface area contributed by atoms with Crippen molar-refractivity contribution in [2.75, 3.05) is 19.0 Å². The van der Waals surface area contributed by atoms with E-state index in [-0.39, 0.29) is 11.3 Å². The summed E-state index contributed by atoms with van der Waals surface area (Å²) < 4.78 is 5.20. The Morgan fingerprint density at radius 1 is 1.37 bits per heavy atom. The fraction of sp³-hybridized carbons (Fsp3) is 0.533. The highest BCUT2D eigenvalue weighted by Gasteiger charge is 2.19. The summed E-state index contributed by atoms with van der Waals surface area (Å²) in [4.78, 5) is 12.1. The van der Waals surface area contributed by atoms with E-state index in [4.69, 9.17) is 4.74 Å². The van der Waals surface area contributed by atoms with E-state index in [1.54, 1.807) is 19.2 Å². The first-order valence-electron chi connectivity index (χ1n) is 6.47. The Hall–Kier alpha value is -1.03. The van der Waals surface area contributed by atoms with Crippen molar-refractivity contribution < 1.29 is 9.53 Å². The molecule has 0 aliphatic heterocycles. The minimum absolute atomic E-state index is 0.0793. The van der Waals surface area contributed by atoms with Gasteiger partial charge >= 0.3 is 0 Å². The van der Waals surface area contributed by atoms with Crippen LogP contribution in [0.4, 0.5) is 0 Å². The topological polar surface area (TPSA) is 38.3 Å². The lowest BCUT2D eigenvalue weighted by atomic mass is 9.88. The Kier molecular flexibility index (Phi) is 6.35. The third kappa shape index (κ3) is 5.23. The van der Waals surface area contributed by atoms with Crippen LogP contribution in [0.15, 0.2) is 24.3 Å². The molecule has 4 heteroatoms. The van der Waals surface area contributed by atoms with Gasteiger partial charge in [-0.05, 0) is 30.4 Å². The SMILES string of the molecule is COc1ccccc1C(=O)NCC(C)(C)CCCBr. The van der Waals surface area contributed by atoms with Crippen LogP contribution in [0.2, 0.25) is 0 Å². The van der Waals surface area contributed by atoms with Crippen LogP contribution in [0.1, 0.15) is 37.0 Å². The highest BCUT2D eigenvalue weighted by molar-refractivity contribution is 9.09. The molecular formula is C15H22BrNO2. The molecule has 0 heterocycles. The van der Waals surface area contributed by atoms with Gasteiger partial charge in [-0.1, -0.05) is 41.9 Å². The number of benzene rings is 1. The lowest BCUT2D eigenvalue weighted by molar-refractivity contribution is 0.0931. The summed E-state index contributed by atoms with van der Waals surface area (Å²) in [6, 6.07) is 7.27. The fourth-order valence-corrected chi connectivity index (χ4v) is 2.16. The summed E-state index contributed by atoms with van der Waals surface area (Å²) in [5, 5.41) is 3.99. The molecule has 19 heavy (non-hydrogen) atoms. The maximum absolute atomic E-state index is 12.1. The predicted octanol–water partition coefficient (Wildman–Crippen LogP) is 3.63. The molecule has 106 valence electrons. The number of methoxy groups -OCH3 is 1. The van der Waals surface area contributed by atoms with Crippen molar-refractivity contribution in [3.63, 3.8) is 0 Å². The molecule has 0 aliphatic rings. The van der Waals surface area contributed by atoms with Crippen molar-refractivity contribution in [3.8, 4) is 5.75 Å². The van der Waals surface area contributed by atoms with Gasteiger partial charge in [0.1, 0.15) is 5.75 Å².